The summed E-state index contributed by atoms with van der Waals surface area (Å²) in [4.78, 5) is 6.47. The fraction of sp³-hybridized carbons (Fsp3) is 0.545. The summed E-state index contributed by atoms with van der Waals surface area (Å²) in [6.45, 7) is 4.38. The van der Waals surface area contributed by atoms with Gasteiger partial charge in [0.2, 0.25) is 0 Å². The number of methoxy groups -OCH3 is 1. The second-order valence-electron chi connectivity index (χ2n) is 3.89. The van der Waals surface area contributed by atoms with E-state index in [4.69, 9.17) is 15.2 Å². The van der Waals surface area contributed by atoms with Crippen LogP contribution in [-0.4, -0.2) is 37.9 Å². The molecule has 1 aromatic rings. The molecule has 0 bridgehead atoms. The molecule has 0 saturated carbocycles. The first kappa shape index (κ1) is 11.0. The zero-order chi connectivity index (χ0) is 11.5. The summed E-state index contributed by atoms with van der Waals surface area (Å²) < 4.78 is 10.8. The molecule has 16 heavy (non-hydrogen) atoms. The summed E-state index contributed by atoms with van der Waals surface area (Å²) >= 11 is 0. The Morgan fingerprint density at radius 1 is 1.56 bits per heavy atom. The van der Waals surface area contributed by atoms with Crippen LogP contribution < -0.4 is 15.4 Å². The van der Waals surface area contributed by atoms with Gasteiger partial charge in [0.15, 0.2) is 11.6 Å². The van der Waals surface area contributed by atoms with Crippen LogP contribution in [0.25, 0.3) is 0 Å². The van der Waals surface area contributed by atoms with Crippen LogP contribution in [0.3, 0.4) is 0 Å². The second kappa shape index (κ2) is 4.57. The molecule has 1 aromatic heterocycles. The van der Waals surface area contributed by atoms with Gasteiger partial charge in [-0.05, 0) is 19.1 Å². The van der Waals surface area contributed by atoms with Gasteiger partial charge in [0, 0.05) is 13.1 Å². The lowest BCUT2D eigenvalue weighted by atomic mass is 10.3. The minimum atomic E-state index is 0.210. The molecule has 0 aliphatic carbocycles. The summed E-state index contributed by atoms with van der Waals surface area (Å²) in [6.07, 6.45) is 0.210. The molecule has 0 spiro atoms. The lowest BCUT2D eigenvalue weighted by molar-refractivity contribution is 0.0528. The number of ether oxygens (including phenoxy) is 2. The number of anilines is 2. The minimum absolute atomic E-state index is 0.210. The van der Waals surface area contributed by atoms with Crippen molar-refractivity contribution in [3.8, 4) is 5.75 Å². The molecule has 1 atom stereocenters. The molecule has 5 heteroatoms. The van der Waals surface area contributed by atoms with Crippen LogP contribution >= 0.6 is 0 Å². The average Bonchev–Trinajstić information content (AvgIpc) is 2.29. The van der Waals surface area contributed by atoms with E-state index in [0.717, 1.165) is 24.7 Å². The van der Waals surface area contributed by atoms with Gasteiger partial charge in [-0.25, -0.2) is 4.98 Å². The predicted octanol–water partition coefficient (Wildman–Crippen LogP) is 0.897. The number of nitrogen functional groups attached to an aromatic ring is 1. The Labute approximate surface area is 95.2 Å². The van der Waals surface area contributed by atoms with Gasteiger partial charge in [-0.1, -0.05) is 0 Å². The van der Waals surface area contributed by atoms with E-state index in [2.05, 4.69) is 9.88 Å². The highest BCUT2D eigenvalue weighted by molar-refractivity contribution is 5.56. The van der Waals surface area contributed by atoms with E-state index in [1.165, 1.54) is 0 Å². The molecular formula is C11H17N3O2. The van der Waals surface area contributed by atoms with Crippen LogP contribution in [0.2, 0.25) is 0 Å². The zero-order valence-corrected chi connectivity index (χ0v) is 9.64. The molecule has 5 nitrogen and oxygen atoms in total. The van der Waals surface area contributed by atoms with Crippen LogP contribution in [0.15, 0.2) is 12.1 Å². The van der Waals surface area contributed by atoms with Crippen LogP contribution in [-0.2, 0) is 4.74 Å². The van der Waals surface area contributed by atoms with E-state index in [-0.39, 0.29) is 6.10 Å². The quantitative estimate of drug-likeness (QED) is 0.807. The van der Waals surface area contributed by atoms with Gasteiger partial charge in [0.05, 0.1) is 19.8 Å². The first-order valence-electron chi connectivity index (χ1n) is 5.37. The summed E-state index contributed by atoms with van der Waals surface area (Å²) in [7, 11) is 1.64. The van der Waals surface area contributed by atoms with E-state index in [9.17, 15) is 0 Å². The van der Waals surface area contributed by atoms with Gasteiger partial charge in [-0.2, -0.15) is 0 Å². The molecule has 1 saturated heterocycles. The maximum Gasteiger partial charge on any atom is 0.173 e. The number of nitrogens with zero attached hydrogens (tertiary/aromatic N) is 2. The number of pyridine rings is 1. The maximum atomic E-state index is 5.70. The third-order valence-corrected chi connectivity index (χ3v) is 2.62. The van der Waals surface area contributed by atoms with Crippen molar-refractivity contribution in [3.63, 3.8) is 0 Å². The third-order valence-electron chi connectivity index (χ3n) is 2.62. The molecular weight excluding hydrogens is 206 g/mol. The van der Waals surface area contributed by atoms with Gasteiger partial charge >= 0.3 is 0 Å². The van der Waals surface area contributed by atoms with Crippen molar-refractivity contribution < 1.29 is 9.47 Å². The first-order valence-corrected chi connectivity index (χ1v) is 5.37. The molecule has 0 unspecified atom stereocenters. The van der Waals surface area contributed by atoms with Crippen molar-refractivity contribution >= 4 is 11.6 Å². The molecule has 88 valence electrons. The summed E-state index contributed by atoms with van der Waals surface area (Å²) in [5, 5.41) is 0. The summed E-state index contributed by atoms with van der Waals surface area (Å²) in [6, 6.07) is 3.59. The number of morpholine rings is 1. The number of hydrogen-bond donors (Lipinski definition) is 1. The lowest BCUT2D eigenvalue weighted by Crippen LogP contribution is -2.41. The SMILES string of the molecule is COc1ccc(N)nc1N1CCO[C@H](C)C1. The summed E-state index contributed by atoms with van der Waals surface area (Å²) in [5.74, 6) is 2.07. The third kappa shape index (κ3) is 2.19. The standard InChI is InChI=1S/C11H17N3O2/c1-8-7-14(5-6-16-8)11-9(15-2)3-4-10(12)13-11/h3-4,8H,5-7H2,1-2H3,(H2,12,13)/t8-/m1/s1. The molecule has 1 aliphatic heterocycles. The Kier molecular flexibility index (Phi) is 3.14. The van der Waals surface area contributed by atoms with E-state index in [1.807, 2.05) is 13.0 Å². The Balaban J connectivity index is 2.26. The van der Waals surface area contributed by atoms with Crippen molar-refractivity contribution in [1.82, 2.24) is 4.98 Å². The monoisotopic (exact) mass is 223 g/mol. The van der Waals surface area contributed by atoms with Crippen LogP contribution in [0.1, 0.15) is 6.92 Å². The Morgan fingerprint density at radius 2 is 2.38 bits per heavy atom. The highest BCUT2D eigenvalue weighted by Gasteiger charge is 2.21. The molecule has 1 aliphatic rings. The number of hydrogen-bond acceptors (Lipinski definition) is 5. The molecule has 0 aromatic carbocycles. The Morgan fingerprint density at radius 3 is 3.06 bits per heavy atom. The molecule has 2 N–H and O–H groups in total. The van der Waals surface area contributed by atoms with Gasteiger partial charge in [0.1, 0.15) is 5.82 Å². The van der Waals surface area contributed by atoms with Crippen LogP contribution in [0.5, 0.6) is 5.75 Å². The fourth-order valence-electron chi connectivity index (χ4n) is 1.85. The maximum absolute atomic E-state index is 5.70. The number of nitrogens with two attached hydrogens (primary N) is 1. The fourth-order valence-corrected chi connectivity index (χ4v) is 1.85. The van der Waals surface area contributed by atoms with E-state index in [0.29, 0.717) is 12.4 Å². The van der Waals surface area contributed by atoms with E-state index < -0.39 is 0 Å². The van der Waals surface area contributed by atoms with Crippen molar-refractivity contribution in [3.05, 3.63) is 12.1 Å². The average molecular weight is 223 g/mol. The van der Waals surface area contributed by atoms with Crippen molar-refractivity contribution in [2.24, 2.45) is 0 Å². The Bertz CT molecular complexity index is 370. The van der Waals surface area contributed by atoms with E-state index >= 15 is 0 Å². The lowest BCUT2D eigenvalue weighted by Gasteiger charge is -2.32. The number of aromatic nitrogens is 1. The predicted molar refractivity (Wildman–Crippen MR) is 62.8 cm³/mol. The van der Waals surface area contributed by atoms with Gasteiger partial charge in [-0.15, -0.1) is 0 Å². The molecule has 1 fully saturated rings. The largest absolute Gasteiger partial charge is 0.493 e. The van der Waals surface area contributed by atoms with Crippen molar-refractivity contribution in [2.75, 3.05) is 37.4 Å². The molecule has 0 radical (unpaired) electrons. The van der Waals surface area contributed by atoms with Gasteiger partial charge in [-0.3, -0.25) is 0 Å². The molecule has 2 heterocycles. The van der Waals surface area contributed by atoms with Crippen LogP contribution in [0.4, 0.5) is 11.6 Å². The summed E-state index contributed by atoms with van der Waals surface area (Å²) in [5.41, 5.74) is 5.70. The highest BCUT2D eigenvalue weighted by Crippen LogP contribution is 2.28. The second-order valence-corrected chi connectivity index (χ2v) is 3.89. The first-order chi connectivity index (χ1) is 7.70. The van der Waals surface area contributed by atoms with Gasteiger partial charge in [0.25, 0.3) is 0 Å². The van der Waals surface area contributed by atoms with Crippen molar-refractivity contribution in [2.45, 2.75) is 13.0 Å². The van der Waals surface area contributed by atoms with Crippen molar-refractivity contribution in [1.29, 1.82) is 0 Å². The smallest absolute Gasteiger partial charge is 0.173 e. The minimum Gasteiger partial charge on any atom is -0.493 e. The topological polar surface area (TPSA) is 60.6 Å². The normalized spacial score (nSPS) is 20.9. The highest BCUT2D eigenvalue weighted by atomic mass is 16.5. The van der Waals surface area contributed by atoms with Crippen LogP contribution in [0, 0.1) is 0 Å². The molecule has 2 rings (SSSR count). The molecule has 0 amide bonds. The number of rotatable bonds is 2. The van der Waals surface area contributed by atoms with Gasteiger partial charge < -0.3 is 20.1 Å². The van der Waals surface area contributed by atoms with E-state index in [1.54, 1.807) is 13.2 Å². The zero-order valence-electron chi connectivity index (χ0n) is 9.64. The Hall–Kier alpha value is -1.49.